The van der Waals surface area contributed by atoms with Crippen LogP contribution in [-0.4, -0.2) is 35.1 Å². The van der Waals surface area contributed by atoms with Crippen molar-refractivity contribution in [2.45, 2.75) is 26.4 Å². The predicted molar refractivity (Wildman–Crippen MR) is 50.3 cm³/mol. The number of halogens is 1. The van der Waals surface area contributed by atoms with E-state index in [2.05, 4.69) is 0 Å². The van der Waals surface area contributed by atoms with Gasteiger partial charge >= 0.3 is 6.09 Å². The van der Waals surface area contributed by atoms with Gasteiger partial charge < -0.3 is 9.84 Å². The Bertz CT molecular complexity index is 211. The van der Waals surface area contributed by atoms with Gasteiger partial charge in [-0.05, 0) is 20.8 Å². The molecule has 0 spiro atoms. The molecule has 0 radical (unpaired) electrons. The third-order valence-electron chi connectivity index (χ3n) is 1.13. The molecule has 0 atom stereocenters. The summed E-state index contributed by atoms with van der Waals surface area (Å²) in [5.41, 5.74) is -0.706. The molecule has 0 aliphatic rings. The van der Waals surface area contributed by atoms with Crippen LogP contribution in [0.5, 0.6) is 0 Å². The second-order valence-corrected chi connectivity index (χ2v) is 3.68. The van der Waals surface area contributed by atoms with Crippen LogP contribution in [-0.2, 0) is 4.74 Å². The molecule has 0 rings (SSSR count). The van der Waals surface area contributed by atoms with E-state index in [0.29, 0.717) is 0 Å². The molecule has 82 valence electrons. The maximum Gasteiger partial charge on any atom is 0.438 e. The molecule has 0 aliphatic heterocycles. The monoisotopic (exact) mass is 205 g/mol. The molecule has 0 unspecified atom stereocenters. The van der Waals surface area contributed by atoms with Crippen LogP contribution in [0.25, 0.3) is 0 Å². The van der Waals surface area contributed by atoms with E-state index in [1.54, 1.807) is 20.8 Å². The number of carbonyl (C=O) groups is 1. The summed E-state index contributed by atoms with van der Waals surface area (Å²) in [7, 11) is 0. The zero-order valence-corrected chi connectivity index (χ0v) is 8.66. The highest BCUT2D eigenvalue weighted by atomic mass is 19.2. The zero-order chi connectivity index (χ0) is 11.2. The van der Waals surface area contributed by atoms with Crippen molar-refractivity contribution in [2.24, 2.45) is 0 Å². The lowest BCUT2D eigenvalue weighted by Crippen LogP contribution is -2.31. The fourth-order valence-corrected chi connectivity index (χ4v) is 0.628. The molecule has 0 saturated heterocycles. The Morgan fingerprint density at radius 3 is 2.50 bits per heavy atom. The molecule has 0 aliphatic carbocycles. The van der Waals surface area contributed by atoms with Crippen molar-refractivity contribution in [1.29, 1.82) is 0 Å². The van der Waals surface area contributed by atoms with Crippen molar-refractivity contribution < 1.29 is 19.1 Å². The summed E-state index contributed by atoms with van der Waals surface area (Å²) < 4.78 is 17.6. The fourth-order valence-electron chi connectivity index (χ4n) is 0.628. The second-order valence-electron chi connectivity index (χ2n) is 3.68. The predicted octanol–water partition coefficient (Wildman–Crippen LogP) is 1.66. The quantitative estimate of drug-likeness (QED) is 0.563. The Labute approximate surface area is 82.9 Å². The van der Waals surface area contributed by atoms with E-state index in [4.69, 9.17) is 9.84 Å². The Kier molecular flexibility index (Phi) is 5.15. The van der Waals surface area contributed by atoms with Crippen LogP contribution >= 0.6 is 0 Å². The van der Waals surface area contributed by atoms with E-state index in [9.17, 15) is 9.28 Å². The number of aliphatic hydroxyl groups excluding tert-OH is 1. The van der Waals surface area contributed by atoms with Gasteiger partial charge in [-0.3, -0.25) is 0 Å². The van der Waals surface area contributed by atoms with Gasteiger partial charge in [0.15, 0.2) is 0 Å². The number of hydrogen-bond acceptors (Lipinski definition) is 3. The number of nitrogens with zero attached hydrogens (tertiary/aromatic N) is 1. The van der Waals surface area contributed by atoms with Gasteiger partial charge in [-0.25, -0.2) is 4.79 Å². The van der Waals surface area contributed by atoms with Gasteiger partial charge in [0.1, 0.15) is 5.60 Å². The highest BCUT2D eigenvalue weighted by Gasteiger charge is 2.20. The number of aliphatic hydroxyl groups is 1. The molecular weight excluding hydrogens is 189 g/mol. The molecule has 14 heavy (non-hydrogen) atoms. The summed E-state index contributed by atoms with van der Waals surface area (Å²) in [5, 5.41) is 8.30. The first-order chi connectivity index (χ1) is 6.37. The summed E-state index contributed by atoms with van der Waals surface area (Å²) >= 11 is 0. The fraction of sp³-hybridized carbons (Fsp3) is 0.667. The highest BCUT2D eigenvalue weighted by Crippen LogP contribution is 2.09. The van der Waals surface area contributed by atoms with E-state index in [-0.39, 0.29) is 18.3 Å². The van der Waals surface area contributed by atoms with Crippen molar-refractivity contribution in [3.63, 3.8) is 0 Å². The van der Waals surface area contributed by atoms with Gasteiger partial charge in [-0.2, -0.15) is 0 Å². The minimum absolute atomic E-state index is 0.0581. The first kappa shape index (κ1) is 12.9. The summed E-state index contributed by atoms with van der Waals surface area (Å²) in [4.78, 5) is 11.0. The largest absolute Gasteiger partial charge is 0.442 e. The van der Waals surface area contributed by atoms with Gasteiger partial charge in [0.2, 0.25) is 0 Å². The van der Waals surface area contributed by atoms with Crippen LogP contribution < -0.4 is 0 Å². The lowest BCUT2D eigenvalue weighted by molar-refractivity contribution is -0.0250. The van der Waals surface area contributed by atoms with Crippen LogP contribution in [0.3, 0.4) is 0 Å². The maximum atomic E-state index is 12.9. The SMILES string of the molecule is CC(C)(C)OC(=O)N(F)CC=CCO. The van der Waals surface area contributed by atoms with Crippen molar-refractivity contribution in [3.8, 4) is 0 Å². The molecule has 0 saturated carbocycles. The molecule has 5 heteroatoms. The first-order valence-corrected chi connectivity index (χ1v) is 4.29. The van der Waals surface area contributed by atoms with E-state index in [1.165, 1.54) is 12.2 Å². The third-order valence-corrected chi connectivity index (χ3v) is 1.13. The van der Waals surface area contributed by atoms with E-state index in [1.807, 2.05) is 0 Å². The number of carbonyl (C=O) groups excluding carboxylic acids is 1. The van der Waals surface area contributed by atoms with Gasteiger partial charge in [0.25, 0.3) is 0 Å². The van der Waals surface area contributed by atoms with E-state index < -0.39 is 11.7 Å². The van der Waals surface area contributed by atoms with Crippen LogP contribution in [0.4, 0.5) is 9.28 Å². The molecule has 4 nitrogen and oxygen atoms in total. The smallest absolute Gasteiger partial charge is 0.438 e. The molecule has 0 fully saturated rings. The van der Waals surface area contributed by atoms with Gasteiger partial charge in [-0.15, -0.1) is 5.12 Å². The molecule has 0 bridgehead atoms. The molecule has 0 heterocycles. The van der Waals surface area contributed by atoms with Crippen LogP contribution in [0.1, 0.15) is 20.8 Å². The van der Waals surface area contributed by atoms with Crippen LogP contribution in [0.15, 0.2) is 12.2 Å². The molecular formula is C9H16FNO3. The number of hydrogen-bond donors (Lipinski definition) is 1. The molecule has 1 N–H and O–H groups in total. The Morgan fingerprint density at radius 1 is 1.50 bits per heavy atom. The number of ether oxygens (including phenoxy) is 1. The normalized spacial score (nSPS) is 11.8. The topological polar surface area (TPSA) is 49.8 Å². The standard InChI is InChI=1S/C9H16FNO3/c1-9(2,3)14-8(13)11(10)6-4-5-7-12/h4-5,12H,6-7H2,1-3H3. The van der Waals surface area contributed by atoms with Crippen molar-refractivity contribution >= 4 is 6.09 Å². The molecule has 1 amide bonds. The summed E-state index contributed by atoms with van der Waals surface area (Å²) in [6.07, 6.45) is 1.65. The maximum absolute atomic E-state index is 12.9. The average molecular weight is 205 g/mol. The lowest BCUT2D eigenvalue weighted by Gasteiger charge is -2.21. The molecule has 0 aromatic carbocycles. The van der Waals surface area contributed by atoms with E-state index >= 15 is 0 Å². The summed E-state index contributed by atoms with van der Waals surface area (Å²) in [6.45, 7) is 4.56. The number of rotatable bonds is 3. The zero-order valence-electron chi connectivity index (χ0n) is 8.66. The summed E-state index contributed by atoms with van der Waals surface area (Å²) in [6, 6.07) is 0. The second kappa shape index (κ2) is 5.59. The van der Waals surface area contributed by atoms with Gasteiger partial charge in [0, 0.05) is 0 Å². The van der Waals surface area contributed by atoms with Crippen LogP contribution in [0.2, 0.25) is 0 Å². The Morgan fingerprint density at radius 2 is 2.07 bits per heavy atom. The average Bonchev–Trinajstić information content (AvgIpc) is 2.01. The van der Waals surface area contributed by atoms with Gasteiger partial charge in [-0.1, -0.05) is 16.6 Å². The summed E-state index contributed by atoms with van der Waals surface area (Å²) in [5.74, 6) is 0. The Balaban J connectivity index is 3.94. The van der Waals surface area contributed by atoms with E-state index in [0.717, 1.165) is 0 Å². The van der Waals surface area contributed by atoms with Crippen molar-refractivity contribution in [3.05, 3.63) is 12.2 Å². The van der Waals surface area contributed by atoms with Crippen molar-refractivity contribution in [1.82, 2.24) is 5.12 Å². The minimum atomic E-state index is -1.03. The first-order valence-electron chi connectivity index (χ1n) is 4.29. The van der Waals surface area contributed by atoms with Crippen LogP contribution in [0, 0.1) is 0 Å². The number of amides is 1. The van der Waals surface area contributed by atoms with Gasteiger partial charge in [0.05, 0.1) is 13.2 Å². The molecule has 0 aromatic rings. The third kappa shape index (κ3) is 6.42. The lowest BCUT2D eigenvalue weighted by atomic mass is 10.2. The van der Waals surface area contributed by atoms with Crippen molar-refractivity contribution in [2.75, 3.05) is 13.2 Å². The molecule has 0 aromatic heterocycles. The minimum Gasteiger partial charge on any atom is -0.442 e. The Hall–Kier alpha value is -1.10. The highest BCUT2D eigenvalue weighted by molar-refractivity contribution is 5.66.